The molecule has 1 unspecified atom stereocenters. The third-order valence-electron chi connectivity index (χ3n) is 5.16. The molecular weight excluding hydrogens is 286 g/mol. The Bertz CT molecular complexity index is 552. The van der Waals surface area contributed by atoms with Gasteiger partial charge in [-0.15, -0.1) is 0 Å². The van der Waals surface area contributed by atoms with Crippen LogP contribution in [-0.2, 0) is 6.42 Å². The van der Waals surface area contributed by atoms with Crippen LogP contribution in [0.3, 0.4) is 0 Å². The number of piperazine rings is 1. The number of hydrogen-bond acceptors (Lipinski definition) is 4. The third-order valence-corrected chi connectivity index (χ3v) is 5.16. The highest BCUT2D eigenvalue weighted by Gasteiger charge is 2.22. The number of aryl methyl sites for hydroxylation is 1. The summed E-state index contributed by atoms with van der Waals surface area (Å²) in [6, 6.07) is 6.34. The summed E-state index contributed by atoms with van der Waals surface area (Å²) in [7, 11) is 0. The zero-order valence-electron chi connectivity index (χ0n) is 14.5. The SMILES string of the molecule is CCN1CCCc2ccc(C(=O)C(C)CN3CCNCC3)cc21. The van der Waals surface area contributed by atoms with E-state index >= 15 is 0 Å². The zero-order chi connectivity index (χ0) is 16.2. The highest BCUT2D eigenvalue weighted by atomic mass is 16.1. The molecule has 1 aromatic rings. The van der Waals surface area contributed by atoms with Crippen molar-refractivity contribution in [2.24, 2.45) is 5.92 Å². The number of anilines is 1. The van der Waals surface area contributed by atoms with E-state index in [2.05, 4.69) is 41.1 Å². The van der Waals surface area contributed by atoms with Gasteiger partial charge in [0.25, 0.3) is 0 Å². The number of fused-ring (bicyclic) bond motifs is 1. The Morgan fingerprint density at radius 2 is 2.04 bits per heavy atom. The lowest BCUT2D eigenvalue weighted by molar-refractivity contribution is 0.0887. The fourth-order valence-corrected chi connectivity index (χ4v) is 3.78. The molecule has 1 fully saturated rings. The summed E-state index contributed by atoms with van der Waals surface area (Å²) in [4.78, 5) is 17.6. The van der Waals surface area contributed by atoms with E-state index in [-0.39, 0.29) is 11.7 Å². The minimum absolute atomic E-state index is 0.0600. The number of hydrogen-bond donors (Lipinski definition) is 1. The van der Waals surface area contributed by atoms with Crippen LogP contribution in [0, 0.1) is 5.92 Å². The van der Waals surface area contributed by atoms with Crippen LogP contribution in [0.1, 0.15) is 36.2 Å². The van der Waals surface area contributed by atoms with Crippen molar-refractivity contribution >= 4 is 11.5 Å². The van der Waals surface area contributed by atoms with Gasteiger partial charge >= 0.3 is 0 Å². The minimum Gasteiger partial charge on any atom is -0.372 e. The molecule has 0 bridgehead atoms. The fraction of sp³-hybridized carbons (Fsp3) is 0.632. The molecule has 1 aromatic carbocycles. The quantitative estimate of drug-likeness (QED) is 0.845. The van der Waals surface area contributed by atoms with Crippen molar-refractivity contribution in [3.63, 3.8) is 0 Å². The molecule has 2 heterocycles. The van der Waals surface area contributed by atoms with Gasteiger partial charge in [0.15, 0.2) is 5.78 Å². The molecule has 3 rings (SSSR count). The first-order valence-corrected chi connectivity index (χ1v) is 9.04. The van der Waals surface area contributed by atoms with Gasteiger partial charge in [-0.05, 0) is 31.4 Å². The second-order valence-corrected chi connectivity index (χ2v) is 6.84. The van der Waals surface area contributed by atoms with E-state index in [1.807, 2.05) is 6.07 Å². The molecule has 23 heavy (non-hydrogen) atoms. The Morgan fingerprint density at radius 3 is 2.78 bits per heavy atom. The van der Waals surface area contributed by atoms with Crippen molar-refractivity contribution in [3.8, 4) is 0 Å². The lowest BCUT2D eigenvalue weighted by Crippen LogP contribution is -2.45. The number of Topliss-reactive ketones (excluding diaryl/α,β-unsaturated/α-hetero) is 1. The van der Waals surface area contributed by atoms with Crippen LogP contribution >= 0.6 is 0 Å². The van der Waals surface area contributed by atoms with Gasteiger partial charge in [0.05, 0.1) is 0 Å². The van der Waals surface area contributed by atoms with Crippen molar-refractivity contribution in [2.75, 3.05) is 50.7 Å². The number of ketones is 1. The summed E-state index contributed by atoms with van der Waals surface area (Å²) in [5, 5.41) is 3.36. The van der Waals surface area contributed by atoms with E-state index in [1.54, 1.807) is 0 Å². The Balaban J connectivity index is 1.71. The topological polar surface area (TPSA) is 35.6 Å². The van der Waals surface area contributed by atoms with Gasteiger partial charge in [-0.1, -0.05) is 19.1 Å². The first-order valence-electron chi connectivity index (χ1n) is 9.04. The largest absolute Gasteiger partial charge is 0.372 e. The van der Waals surface area contributed by atoms with Gasteiger partial charge in [0, 0.05) is 63.0 Å². The molecule has 126 valence electrons. The molecule has 0 saturated carbocycles. The predicted octanol–water partition coefficient (Wildman–Crippen LogP) is 2.18. The highest BCUT2D eigenvalue weighted by molar-refractivity contribution is 5.98. The average Bonchev–Trinajstić information content (AvgIpc) is 2.60. The maximum absolute atomic E-state index is 12.8. The molecule has 1 atom stereocenters. The summed E-state index contributed by atoms with van der Waals surface area (Å²) in [6.07, 6.45) is 2.35. The maximum atomic E-state index is 12.8. The predicted molar refractivity (Wildman–Crippen MR) is 95.5 cm³/mol. The van der Waals surface area contributed by atoms with Crippen LogP contribution in [0.4, 0.5) is 5.69 Å². The van der Waals surface area contributed by atoms with Crippen molar-refractivity contribution in [2.45, 2.75) is 26.7 Å². The Hall–Kier alpha value is -1.39. The summed E-state index contributed by atoms with van der Waals surface area (Å²) in [5.41, 5.74) is 3.55. The smallest absolute Gasteiger partial charge is 0.167 e. The van der Waals surface area contributed by atoms with Gasteiger partial charge in [0.2, 0.25) is 0 Å². The van der Waals surface area contributed by atoms with Gasteiger partial charge in [0.1, 0.15) is 0 Å². The number of nitrogens with one attached hydrogen (secondary N) is 1. The average molecular weight is 315 g/mol. The lowest BCUT2D eigenvalue weighted by Gasteiger charge is -2.31. The molecule has 1 saturated heterocycles. The first-order chi connectivity index (χ1) is 11.2. The third kappa shape index (κ3) is 3.75. The standard InChI is InChI=1S/C19H29N3O/c1-3-22-10-4-5-16-6-7-17(13-18(16)22)19(23)15(2)14-21-11-8-20-9-12-21/h6-7,13,15,20H,3-5,8-12,14H2,1-2H3. The van der Waals surface area contributed by atoms with E-state index in [9.17, 15) is 4.79 Å². The van der Waals surface area contributed by atoms with Crippen LogP contribution in [0.5, 0.6) is 0 Å². The highest BCUT2D eigenvalue weighted by Crippen LogP contribution is 2.29. The molecule has 0 spiro atoms. The number of nitrogens with zero attached hydrogens (tertiary/aromatic N) is 2. The number of benzene rings is 1. The summed E-state index contributed by atoms with van der Waals surface area (Å²) in [6.45, 7) is 11.4. The van der Waals surface area contributed by atoms with Gasteiger partial charge in [-0.2, -0.15) is 0 Å². The second-order valence-electron chi connectivity index (χ2n) is 6.84. The molecule has 4 heteroatoms. The minimum atomic E-state index is 0.0600. The normalized spacial score (nSPS) is 20.2. The van der Waals surface area contributed by atoms with Crippen molar-refractivity contribution in [1.29, 1.82) is 0 Å². The maximum Gasteiger partial charge on any atom is 0.167 e. The van der Waals surface area contributed by atoms with Crippen molar-refractivity contribution < 1.29 is 4.79 Å². The first kappa shape index (κ1) is 16.5. The molecule has 0 amide bonds. The van der Waals surface area contributed by atoms with Crippen LogP contribution in [-0.4, -0.2) is 56.5 Å². The van der Waals surface area contributed by atoms with E-state index < -0.39 is 0 Å². The summed E-state index contributed by atoms with van der Waals surface area (Å²) < 4.78 is 0. The molecular formula is C19H29N3O. The Morgan fingerprint density at radius 1 is 1.26 bits per heavy atom. The molecule has 4 nitrogen and oxygen atoms in total. The van der Waals surface area contributed by atoms with E-state index in [1.165, 1.54) is 17.7 Å². The molecule has 0 radical (unpaired) electrons. The zero-order valence-corrected chi connectivity index (χ0v) is 14.5. The monoisotopic (exact) mass is 315 g/mol. The molecule has 0 aliphatic carbocycles. The summed E-state index contributed by atoms with van der Waals surface area (Å²) in [5.74, 6) is 0.345. The lowest BCUT2D eigenvalue weighted by atomic mass is 9.94. The van der Waals surface area contributed by atoms with Gasteiger partial charge < -0.3 is 15.1 Å². The van der Waals surface area contributed by atoms with Crippen LogP contribution in [0.2, 0.25) is 0 Å². The number of carbonyl (C=O) groups excluding carboxylic acids is 1. The Kier molecular flexibility index (Phi) is 5.34. The van der Waals surface area contributed by atoms with E-state index in [4.69, 9.17) is 0 Å². The fourth-order valence-electron chi connectivity index (χ4n) is 3.78. The summed E-state index contributed by atoms with van der Waals surface area (Å²) >= 11 is 0. The van der Waals surface area contributed by atoms with Crippen LogP contribution in [0.15, 0.2) is 18.2 Å². The van der Waals surface area contributed by atoms with Gasteiger partial charge in [-0.25, -0.2) is 0 Å². The van der Waals surface area contributed by atoms with E-state index in [0.717, 1.165) is 57.8 Å². The second kappa shape index (κ2) is 7.45. The molecule has 2 aliphatic heterocycles. The molecule has 1 N–H and O–H groups in total. The molecule has 2 aliphatic rings. The number of rotatable bonds is 5. The van der Waals surface area contributed by atoms with Crippen molar-refractivity contribution in [3.05, 3.63) is 29.3 Å². The molecule has 0 aromatic heterocycles. The van der Waals surface area contributed by atoms with Crippen molar-refractivity contribution in [1.82, 2.24) is 10.2 Å². The van der Waals surface area contributed by atoms with Crippen LogP contribution < -0.4 is 10.2 Å². The Labute approximate surface area is 139 Å². The van der Waals surface area contributed by atoms with Crippen LogP contribution in [0.25, 0.3) is 0 Å². The van der Waals surface area contributed by atoms with E-state index in [0.29, 0.717) is 0 Å². The van der Waals surface area contributed by atoms with Gasteiger partial charge in [-0.3, -0.25) is 4.79 Å². The number of carbonyl (C=O) groups is 1.